The van der Waals surface area contributed by atoms with E-state index in [0.29, 0.717) is 12.5 Å². The molecular weight excluding hydrogens is 249 g/mol. The fraction of sp³-hybridized carbons (Fsp3) is 0.909. The number of hydrogen-bond acceptors (Lipinski definition) is 3. The van der Waals surface area contributed by atoms with Gasteiger partial charge in [0.2, 0.25) is 0 Å². The molecule has 0 aromatic rings. The van der Waals surface area contributed by atoms with Gasteiger partial charge >= 0.3 is 12.1 Å². The molecule has 1 aliphatic rings. The van der Waals surface area contributed by atoms with Crippen molar-refractivity contribution in [1.82, 2.24) is 9.80 Å². The minimum atomic E-state index is -4.69. The van der Waals surface area contributed by atoms with E-state index in [-0.39, 0.29) is 0 Å². The normalized spacial score (nSPS) is 23.6. The van der Waals surface area contributed by atoms with Gasteiger partial charge < -0.3 is 14.9 Å². The number of aliphatic carboxylic acids is 1. The number of rotatable bonds is 5. The molecule has 0 bridgehead atoms. The third kappa shape index (κ3) is 4.45. The van der Waals surface area contributed by atoms with Crippen LogP contribution >= 0.6 is 0 Å². The Morgan fingerprint density at radius 1 is 1.56 bits per heavy atom. The second kappa shape index (κ2) is 5.88. The smallest absolute Gasteiger partial charge is 0.403 e. The van der Waals surface area contributed by atoms with Gasteiger partial charge in [-0.2, -0.15) is 13.2 Å². The number of likely N-dealkylation sites (tertiary alicyclic amines) is 1. The molecule has 1 fully saturated rings. The number of carboxylic acid groups (broad SMARTS) is 1. The molecule has 7 heteroatoms. The van der Waals surface area contributed by atoms with Crippen molar-refractivity contribution in [2.75, 3.05) is 40.3 Å². The van der Waals surface area contributed by atoms with E-state index in [0.717, 1.165) is 19.5 Å². The first-order valence-electron chi connectivity index (χ1n) is 5.86. The van der Waals surface area contributed by atoms with E-state index in [4.69, 9.17) is 5.11 Å². The van der Waals surface area contributed by atoms with Gasteiger partial charge in [0.05, 0.1) is 0 Å². The van der Waals surface area contributed by atoms with Crippen LogP contribution in [-0.2, 0) is 4.79 Å². The lowest BCUT2D eigenvalue weighted by atomic mass is 10.1. The van der Waals surface area contributed by atoms with Gasteiger partial charge in [-0.15, -0.1) is 0 Å². The molecule has 0 spiro atoms. The van der Waals surface area contributed by atoms with Crippen molar-refractivity contribution in [2.45, 2.75) is 12.6 Å². The van der Waals surface area contributed by atoms with Crippen LogP contribution in [-0.4, -0.2) is 67.3 Å². The molecule has 2 atom stereocenters. The van der Waals surface area contributed by atoms with Crippen LogP contribution in [0.2, 0.25) is 0 Å². The van der Waals surface area contributed by atoms with Gasteiger partial charge in [-0.25, -0.2) is 0 Å². The molecule has 2 unspecified atom stereocenters. The van der Waals surface area contributed by atoms with E-state index >= 15 is 0 Å². The van der Waals surface area contributed by atoms with Gasteiger partial charge in [0.1, 0.15) is 0 Å². The number of nitrogens with zero attached hydrogens (tertiary/aromatic N) is 2. The maximum Gasteiger partial charge on any atom is 0.403 e. The third-order valence-electron chi connectivity index (χ3n) is 3.25. The van der Waals surface area contributed by atoms with Crippen LogP contribution in [0, 0.1) is 11.8 Å². The van der Waals surface area contributed by atoms with Crippen molar-refractivity contribution in [3.63, 3.8) is 0 Å². The Balaban J connectivity index is 2.47. The Hall–Kier alpha value is -0.820. The van der Waals surface area contributed by atoms with E-state index in [1.807, 2.05) is 7.05 Å². The highest BCUT2D eigenvalue weighted by molar-refractivity contribution is 5.71. The predicted octanol–water partition coefficient (Wildman–Crippen LogP) is 1.13. The Bertz CT molecular complexity index is 297. The largest absolute Gasteiger partial charge is 0.481 e. The molecule has 1 aliphatic heterocycles. The number of alkyl halides is 3. The first-order valence-corrected chi connectivity index (χ1v) is 5.86. The second-order valence-corrected chi connectivity index (χ2v) is 5.07. The zero-order valence-electron chi connectivity index (χ0n) is 10.6. The highest BCUT2D eigenvalue weighted by Crippen LogP contribution is 2.27. The van der Waals surface area contributed by atoms with Crippen molar-refractivity contribution in [3.05, 3.63) is 0 Å². The van der Waals surface area contributed by atoms with E-state index in [1.165, 1.54) is 4.90 Å². The average molecular weight is 268 g/mol. The lowest BCUT2D eigenvalue weighted by Gasteiger charge is -2.25. The van der Waals surface area contributed by atoms with Crippen LogP contribution in [0.3, 0.4) is 0 Å². The summed E-state index contributed by atoms with van der Waals surface area (Å²) in [4.78, 5) is 14.2. The summed E-state index contributed by atoms with van der Waals surface area (Å²) in [6, 6.07) is 0. The summed E-state index contributed by atoms with van der Waals surface area (Å²) in [5.74, 6) is -3.79. The van der Waals surface area contributed by atoms with Crippen LogP contribution in [0.5, 0.6) is 0 Å². The van der Waals surface area contributed by atoms with Crippen LogP contribution in [0.1, 0.15) is 6.42 Å². The molecular formula is C11H19F3N2O2. The first-order chi connectivity index (χ1) is 8.20. The van der Waals surface area contributed by atoms with Crippen molar-refractivity contribution in [3.8, 4) is 0 Å². The fourth-order valence-electron chi connectivity index (χ4n) is 2.32. The van der Waals surface area contributed by atoms with E-state index in [1.54, 1.807) is 7.05 Å². The maximum atomic E-state index is 12.5. The average Bonchev–Trinajstić information content (AvgIpc) is 2.58. The Kier molecular flexibility index (Phi) is 4.98. The minimum Gasteiger partial charge on any atom is -0.481 e. The number of carbonyl (C=O) groups is 1. The molecule has 1 heterocycles. The quantitative estimate of drug-likeness (QED) is 0.812. The van der Waals surface area contributed by atoms with Gasteiger partial charge in [-0.3, -0.25) is 4.79 Å². The van der Waals surface area contributed by atoms with Crippen molar-refractivity contribution in [1.29, 1.82) is 0 Å². The number of halogens is 3. The van der Waals surface area contributed by atoms with Gasteiger partial charge in [-0.1, -0.05) is 0 Å². The predicted molar refractivity (Wildman–Crippen MR) is 60.3 cm³/mol. The second-order valence-electron chi connectivity index (χ2n) is 5.07. The van der Waals surface area contributed by atoms with Crippen LogP contribution < -0.4 is 0 Å². The molecule has 4 nitrogen and oxygen atoms in total. The molecule has 1 rings (SSSR count). The van der Waals surface area contributed by atoms with E-state index in [9.17, 15) is 18.0 Å². The summed E-state index contributed by atoms with van der Waals surface area (Å²) in [7, 11) is 3.51. The molecule has 0 aliphatic carbocycles. The van der Waals surface area contributed by atoms with Crippen LogP contribution in [0.25, 0.3) is 0 Å². The fourth-order valence-corrected chi connectivity index (χ4v) is 2.32. The zero-order valence-corrected chi connectivity index (χ0v) is 10.6. The highest BCUT2D eigenvalue weighted by Gasteiger charge is 2.45. The first kappa shape index (κ1) is 15.2. The summed E-state index contributed by atoms with van der Waals surface area (Å²) in [5.41, 5.74) is 0. The molecule has 0 saturated carbocycles. The van der Waals surface area contributed by atoms with E-state index < -0.39 is 24.6 Å². The van der Waals surface area contributed by atoms with Gasteiger partial charge in [0.15, 0.2) is 5.92 Å². The van der Waals surface area contributed by atoms with Gasteiger partial charge in [0, 0.05) is 19.6 Å². The lowest BCUT2D eigenvalue weighted by Crippen LogP contribution is -2.41. The molecule has 0 amide bonds. The maximum absolute atomic E-state index is 12.5. The van der Waals surface area contributed by atoms with Crippen LogP contribution in [0.4, 0.5) is 13.2 Å². The van der Waals surface area contributed by atoms with Gasteiger partial charge in [-0.05, 0) is 33.0 Å². The third-order valence-corrected chi connectivity index (χ3v) is 3.25. The Morgan fingerprint density at radius 3 is 2.56 bits per heavy atom. The molecule has 1 saturated heterocycles. The minimum absolute atomic E-state index is 0.322. The SMILES string of the molecule is CN1CCC(CN(C)CC(C(=O)O)C(F)(F)F)C1. The topological polar surface area (TPSA) is 43.8 Å². The Labute approximate surface area is 104 Å². The summed E-state index contributed by atoms with van der Waals surface area (Å²) in [6.07, 6.45) is -3.74. The summed E-state index contributed by atoms with van der Waals surface area (Å²) >= 11 is 0. The lowest BCUT2D eigenvalue weighted by molar-refractivity contribution is -0.196. The standard InChI is InChI=1S/C11H19F3N2O2/c1-15-4-3-8(5-15)6-16(2)7-9(10(17)18)11(12,13)14/h8-9H,3-7H2,1-2H3,(H,17,18). The number of hydrogen-bond donors (Lipinski definition) is 1. The molecule has 106 valence electrons. The zero-order chi connectivity index (χ0) is 13.9. The molecule has 0 aromatic carbocycles. The summed E-state index contributed by atoms with van der Waals surface area (Å²) in [5, 5.41) is 8.61. The summed E-state index contributed by atoms with van der Waals surface area (Å²) < 4.78 is 37.5. The van der Waals surface area contributed by atoms with Crippen molar-refractivity contribution >= 4 is 5.97 Å². The van der Waals surface area contributed by atoms with Crippen molar-refractivity contribution in [2.24, 2.45) is 11.8 Å². The number of carboxylic acids is 1. The highest BCUT2D eigenvalue weighted by atomic mass is 19.4. The molecule has 1 N–H and O–H groups in total. The van der Waals surface area contributed by atoms with E-state index in [2.05, 4.69) is 4.90 Å². The van der Waals surface area contributed by atoms with Gasteiger partial charge in [0.25, 0.3) is 0 Å². The molecule has 0 aromatic heterocycles. The summed E-state index contributed by atoms with van der Waals surface area (Å²) in [6.45, 7) is 1.82. The molecule has 18 heavy (non-hydrogen) atoms. The molecule has 0 radical (unpaired) electrons. The van der Waals surface area contributed by atoms with Crippen LogP contribution in [0.15, 0.2) is 0 Å². The Morgan fingerprint density at radius 2 is 2.17 bits per heavy atom. The monoisotopic (exact) mass is 268 g/mol. The van der Waals surface area contributed by atoms with Crippen molar-refractivity contribution < 1.29 is 23.1 Å².